The molecule has 1 fully saturated rings. The van der Waals surface area contributed by atoms with Crippen molar-refractivity contribution in [2.45, 2.75) is 46.0 Å². The predicted octanol–water partition coefficient (Wildman–Crippen LogP) is 1.15. The van der Waals surface area contributed by atoms with E-state index in [0.29, 0.717) is 36.7 Å². The van der Waals surface area contributed by atoms with E-state index < -0.39 is 11.4 Å². The second-order valence-corrected chi connectivity index (χ2v) is 6.73. The summed E-state index contributed by atoms with van der Waals surface area (Å²) in [6, 6.07) is 5.31. The van der Waals surface area contributed by atoms with Crippen molar-refractivity contribution < 1.29 is 24.1 Å². The molecule has 0 bridgehead atoms. The van der Waals surface area contributed by atoms with E-state index in [1.54, 1.807) is 14.2 Å². The summed E-state index contributed by atoms with van der Waals surface area (Å²) in [7, 11) is 3.21. The number of carbonyl (C=O) groups excluding carboxylic acids is 2. The van der Waals surface area contributed by atoms with E-state index in [-0.39, 0.29) is 5.91 Å². The maximum atomic E-state index is 12.6. The second-order valence-electron chi connectivity index (χ2n) is 6.73. The van der Waals surface area contributed by atoms with Crippen molar-refractivity contribution in [1.29, 1.82) is 0 Å². The Bertz CT molecular complexity index is 709. The summed E-state index contributed by atoms with van der Waals surface area (Å²) in [5, 5.41) is 5.25. The van der Waals surface area contributed by atoms with Gasteiger partial charge in [-0.3, -0.25) is 15.1 Å². The minimum Gasteiger partial charge on any atom is -0.493 e. The number of ether oxygens (including phenoxy) is 2. The summed E-state index contributed by atoms with van der Waals surface area (Å²) < 4.78 is 10.6. The molecule has 0 atom stereocenters. The molecule has 1 saturated heterocycles. The van der Waals surface area contributed by atoms with Gasteiger partial charge in [0.2, 0.25) is 5.91 Å². The van der Waals surface area contributed by atoms with Gasteiger partial charge in [0.15, 0.2) is 11.5 Å². The van der Waals surface area contributed by atoms with Gasteiger partial charge in [-0.2, -0.15) is 5.32 Å². The number of hydrogen-bond donors (Lipinski definition) is 3. The fourth-order valence-electron chi connectivity index (χ4n) is 3.64. The number of imide groups is 1. The van der Waals surface area contributed by atoms with Crippen molar-refractivity contribution in [3.63, 3.8) is 0 Å². The molecular weight excluding hydrogens is 346 g/mol. The summed E-state index contributed by atoms with van der Waals surface area (Å²) in [5.74, 6) is 1.76. The highest BCUT2D eigenvalue weighted by atomic mass is 16.5. The van der Waals surface area contributed by atoms with Crippen LogP contribution in [0.25, 0.3) is 0 Å². The topological polar surface area (TPSA) is 90.6 Å². The van der Waals surface area contributed by atoms with Crippen LogP contribution in [0.3, 0.4) is 0 Å². The summed E-state index contributed by atoms with van der Waals surface area (Å²) >= 11 is 0. The molecule has 0 aromatic heterocycles. The van der Waals surface area contributed by atoms with Gasteiger partial charge in [-0.1, -0.05) is 32.8 Å². The van der Waals surface area contributed by atoms with Gasteiger partial charge in [0.05, 0.1) is 20.8 Å². The number of rotatable bonds is 9. The van der Waals surface area contributed by atoms with Crippen molar-refractivity contribution in [2.75, 3.05) is 20.8 Å². The number of carbonyl (C=O) groups is 2. The minimum atomic E-state index is -0.699. The van der Waals surface area contributed by atoms with Crippen molar-refractivity contribution >= 4 is 17.8 Å². The smallest absolute Gasteiger partial charge is 0.413 e. The third-order valence-corrected chi connectivity index (χ3v) is 4.90. The molecule has 7 nitrogen and oxygen atoms in total. The average Bonchev–Trinajstić information content (AvgIpc) is 2.65. The number of hydrogen-bond acceptors (Lipinski definition) is 4. The van der Waals surface area contributed by atoms with Gasteiger partial charge in [-0.05, 0) is 30.5 Å². The lowest BCUT2D eigenvalue weighted by Crippen LogP contribution is -2.84. The molecule has 2 rings (SSSR count). The Hall–Kier alpha value is -2.57. The molecule has 3 N–H and O–H groups in total. The largest absolute Gasteiger partial charge is 0.493 e. The summed E-state index contributed by atoms with van der Waals surface area (Å²) in [6.45, 7) is 4.68. The van der Waals surface area contributed by atoms with E-state index in [2.05, 4.69) is 15.6 Å². The third kappa shape index (κ3) is 4.59. The number of urea groups is 1. The summed E-state index contributed by atoms with van der Waals surface area (Å²) in [5.41, 5.74) is 0.374. The van der Waals surface area contributed by atoms with Crippen LogP contribution in [-0.4, -0.2) is 38.5 Å². The molecule has 1 aromatic carbocycles. The zero-order valence-corrected chi connectivity index (χ0v) is 16.6. The van der Waals surface area contributed by atoms with Crippen LogP contribution in [0.5, 0.6) is 11.5 Å². The Morgan fingerprint density at radius 2 is 1.67 bits per heavy atom. The van der Waals surface area contributed by atoms with Crippen LogP contribution in [0, 0.1) is 5.41 Å². The number of methoxy groups -OCH3 is 2. The van der Waals surface area contributed by atoms with Crippen molar-refractivity contribution in [3.05, 3.63) is 23.8 Å². The first kappa shape index (κ1) is 20.7. The maximum Gasteiger partial charge on any atom is 0.413 e. The van der Waals surface area contributed by atoms with Crippen LogP contribution in [-0.2, 0) is 11.2 Å². The van der Waals surface area contributed by atoms with Gasteiger partial charge in [0.1, 0.15) is 5.41 Å². The fraction of sp³-hybridized carbons (Fsp3) is 0.550. The molecule has 27 heavy (non-hydrogen) atoms. The number of benzene rings is 1. The van der Waals surface area contributed by atoms with Crippen LogP contribution in [0.4, 0.5) is 4.79 Å². The lowest BCUT2D eigenvalue weighted by Gasteiger charge is -2.32. The molecule has 1 aromatic rings. The van der Waals surface area contributed by atoms with Crippen LogP contribution in [0.1, 0.15) is 45.1 Å². The summed E-state index contributed by atoms with van der Waals surface area (Å²) in [4.78, 5) is 27.8. The van der Waals surface area contributed by atoms with Gasteiger partial charge in [-0.25, -0.2) is 4.79 Å². The number of nitrogens with one attached hydrogen (secondary N) is 3. The first-order valence-electron chi connectivity index (χ1n) is 9.45. The number of amides is 3. The highest BCUT2D eigenvalue weighted by Crippen LogP contribution is 2.31. The lowest BCUT2D eigenvalue weighted by atomic mass is 9.76. The Morgan fingerprint density at radius 1 is 1.00 bits per heavy atom. The van der Waals surface area contributed by atoms with Gasteiger partial charge >= 0.3 is 6.03 Å². The van der Waals surface area contributed by atoms with E-state index in [0.717, 1.165) is 24.8 Å². The van der Waals surface area contributed by atoms with Crippen LogP contribution >= 0.6 is 0 Å². The normalized spacial score (nSPS) is 17.4. The van der Waals surface area contributed by atoms with Crippen molar-refractivity contribution in [2.24, 2.45) is 5.41 Å². The van der Waals surface area contributed by atoms with E-state index >= 15 is 0 Å². The van der Waals surface area contributed by atoms with Crippen LogP contribution in [0.15, 0.2) is 18.2 Å². The molecule has 1 aliphatic heterocycles. The van der Waals surface area contributed by atoms with Gasteiger partial charge < -0.3 is 9.47 Å². The highest BCUT2D eigenvalue weighted by molar-refractivity contribution is 6.19. The fourth-order valence-corrected chi connectivity index (χ4v) is 3.64. The van der Waals surface area contributed by atoms with Gasteiger partial charge in [0.25, 0.3) is 5.84 Å². The highest BCUT2D eigenvalue weighted by Gasteiger charge is 2.51. The first-order valence-corrected chi connectivity index (χ1v) is 9.45. The lowest BCUT2D eigenvalue weighted by molar-refractivity contribution is -0.462. The van der Waals surface area contributed by atoms with Crippen LogP contribution < -0.4 is 25.1 Å². The van der Waals surface area contributed by atoms with Crippen LogP contribution in [0.2, 0.25) is 0 Å². The van der Waals surface area contributed by atoms with Crippen molar-refractivity contribution in [3.8, 4) is 11.5 Å². The first-order chi connectivity index (χ1) is 13.0. The third-order valence-electron chi connectivity index (χ3n) is 4.90. The van der Waals surface area contributed by atoms with Gasteiger partial charge in [-0.15, -0.1) is 0 Å². The Kier molecular flexibility index (Phi) is 7.21. The molecule has 148 valence electrons. The maximum absolute atomic E-state index is 12.6. The molecular formula is C20H30N3O4+. The molecule has 0 saturated carbocycles. The standard InChI is InChI=1S/C20H29N3O4/c1-5-10-20(11-6-2)17(22-19(25)23-18(20)24)21-12-9-14-7-8-15(26-3)16(13-14)27-4/h7-8,13H,5-6,9-12H2,1-4H3,(H2,21,22,23,24,25)/p+1. The Balaban J connectivity index is 2.21. The van der Waals surface area contributed by atoms with E-state index in [4.69, 9.17) is 9.47 Å². The Labute approximate surface area is 160 Å². The predicted molar refractivity (Wildman–Crippen MR) is 103 cm³/mol. The molecule has 0 aliphatic carbocycles. The Morgan fingerprint density at radius 3 is 2.26 bits per heavy atom. The number of amidine groups is 1. The quantitative estimate of drug-likeness (QED) is 0.603. The molecule has 0 spiro atoms. The zero-order valence-electron chi connectivity index (χ0n) is 16.6. The van der Waals surface area contributed by atoms with E-state index in [9.17, 15) is 9.59 Å². The SMILES string of the molecule is CCCC1(CCC)C(=O)NC(=O)NC1=[NH+]CCc1ccc(OC)c(OC)c1. The molecule has 0 radical (unpaired) electrons. The monoisotopic (exact) mass is 376 g/mol. The van der Waals surface area contributed by atoms with Gasteiger partial charge in [0, 0.05) is 6.42 Å². The molecule has 3 amide bonds. The zero-order chi connectivity index (χ0) is 19.9. The van der Waals surface area contributed by atoms with E-state index in [1.807, 2.05) is 32.0 Å². The minimum absolute atomic E-state index is 0.219. The molecule has 7 heteroatoms. The summed E-state index contributed by atoms with van der Waals surface area (Å²) in [6.07, 6.45) is 3.79. The molecule has 1 aliphatic rings. The molecule has 0 unspecified atom stereocenters. The van der Waals surface area contributed by atoms with E-state index in [1.165, 1.54) is 0 Å². The molecule has 1 heterocycles. The van der Waals surface area contributed by atoms with Crippen molar-refractivity contribution in [1.82, 2.24) is 10.6 Å². The average molecular weight is 376 g/mol. The second kappa shape index (κ2) is 9.39.